The molecule has 0 radical (unpaired) electrons. The molecule has 1 heterocycles. The predicted molar refractivity (Wildman–Crippen MR) is 97.1 cm³/mol. The van der Waals surface area contributed by atoms with E-state index in [4.69, 9.17) is 21.1 Å². The molecule has 0 aliphatic carbocycles. The summed E-state index contributed by atoms with van der Waals surface area (Å²) in [4.78, 5) is 26.6. The molecule has 6 nitrogen and oxygen atoms in total. The summed E-state index contributed by atoms with van der Waals surface area (Å²) >= 11 is 6.19. The maximum atomic E-state index is 12.7. The highest BCUT2D eigenvalue weighted by atomic mass is 35.5. The van der Waals surface area contributed by atoms with Crippen LogP contribution < -0.4 is 10.1 Å². The van der Waals surface area contributed by atoms with E-state index in [0.29, 0.717) is 49.1 Å². The fourth-order valence-corrected chi connectivity index (χ4v) is 3.12. The number of carbonyl (C=O) groups excluding carboxylic acids is 2. The van der Waals surface area contributed by atoms with E-state index in [9.17, 15) is 9.59 Å². The first-order chi connectivity index (χ1) is 12.1. The highest BCUT2D eigenvalue weighted by Gasteiger charge is 2.33. The number of nitrogens with one attached hydrogen (secondary N) is 1. The largest absolute Gasteiger partial charge is 0.487 e. The minimum atomic E-state index is -0.440. The first kappa shape index (κ1) is 19.5. The number of halogens is 1. The van der Waals surface area contributed by atoms with Crippen LogP contribution in [0.15, 0.2) is 18.2 Å². The summed E-state index contributed by atoms with van der Waals surface area (Å²) in [6.45, 7) is 3.33. The molecular weight excluding hydrogens is 344 g/mol. The number of hydrogen-bond donors (Lipinski definition) is 1. The number of para-hydroxylation sites is 1. The normalized spacial score (nSPS) is 16.8. The molecule has 1 aliphatic rings. The van der Waals surface area contributed by atoms with Crippen LogP contribution in [0.2, 0.25) is 5.02 Å². The average Bonchev–Trinajstić information content (AvgIpc) is 3.07. The van der Waals surface area contributed by atoms with Crippen LogP contribution in [0.1, 0.15) is 32.6 Å². The van der Waals surface area contributed by atoms with E-state index in [1.165, 1.54) is 0 Å². The third-order valence-electron chi connectivity index (χ3n) is 4.10. The number of nitrogens with zero attached hydrogens (tertiary/aromatic N) is 1. The van der Waals surface area contributed by atoms with Crippen LogP contribution in [0.5, 0.6) is 5.75 Å². The van der Waals surface area contributed by atoms with Crippen molar-refractivity contribution in [2.24, 2.45) is 0 Å². The first-order valence-corrected chi connectivity index (χ1v) is 8.96. The van der Waals surface area contributed by atoms with Gasteiger partial charge in [-0.2, -0.15) is 0 Å². The second-order valence-corrected chi connectivity index (χ2v) is 6.35. The van der Waals surface area contributed by atoms with E-state index in [-0.39, 0.29) is 11.8 Å². The third kappa shape index (κ3) is 5.09. The van der Waals surface area contributed by atoms with E-state index in [0.717, 1.165) is 12.8 Å². The Kier molecular flexibility index (Phi) is 7.52. The Bertz CT molecular complexity index is 609. The molecule has 1 aromatic rings. The van der Waals surface area contributed by atoms with Gasteiger partial charge in [0.15, 0.2) is 5.75 Å². The van der Waals surface area contributed by atoms with Gasteiger partial charge in [-0.3, -0.25) is 9.59 Å². The lowest BCUT2D eigenvalue weighted by atomic mass is 10.2. The van der Waals surface area contributed by atoms with Gasteiger partial charge in [0.05, 0.1) is 17.3 Å². The molecule has 1 N–H and O–H groups in total. The Morgan fingerprint density at radius 3 is 2.88 bits per heavy atom. The predicted octanol–water partition coefficient (Wildman–Crippen LogP) is 3.09. The Labute approximate surface area is 153 Å². The maximum Gasteiger partial charge on any atom is 0.247 e. The van der Waals surface area contributed by atoms with E-state index in [1.807, 2.05) is 6.92 Å². The molecule has 0 spiro atoms. The lowest BCUT2D eigenvalue weighted by molar-refractivity contribution is -0.136. The van der Waals surface area contributed by atoms with Crippen molar-refractivity contribution in [3.63, 3.8) is 0 Å². The topological polar surface area (TPSA) is 67.9 Å². The molecule has 0 saturated carbocycles. The number of benzene rings is 1. The highest BCUT2D eigenvalue weighted by molar-refractivity contribution is 6.32. The number of likely N-dealkylation sites (tertiary alicyclic amines) is 1. The van der Waals surface area contributed by atoms with Gasteiger partial charge in [0.1, 0.15) is 12.6 Å². The van der Waals surface area contributed by atoms with Crippen molar-refractivity contribution in [2.45, 2.75) is 38.6 Å². The number of rotatable bonds is 8. The summed E-state index contributed by atoms with van der Waals surface area (Å²) in [6.07, 6.45) is 2.74. The zero-order valence-corrected chi connectivity index (χ0v) is 15.5. The summed E-state index contributed by atoms with van der Waals surface area (Å²) < 4.78 is 10.6. The SMILES string of the molecule is CCCC(=O)N1CCCC1C(=O)Nc1cccc(Cl)c1OCCOC. The molecule has 2 amide bonds. The number of anilines is 1. The van der Waals surface area contributed by atoms with Crippen molar-refractivity contribution in [1.29, 1.82) is 0 Å². The zero-order chi connectivity index (χ0) is 18.2. The van der Waals surface area contributed by atoms with Gasteiger partial charge in [-0.05, 0) is 31.4 Å². The fourth-order valence-electron chi connectivity index (χ4n) is 2.89. The lowest BCUT2D eigenvalue weighted by Crippen LogP contribution is -2.43. The molecular formula is C18H25ClN2O4. The second-order valence-electron chi connectivity index (χ2n) is 5.94. The lowest BCUT2D eigenvalue weighted by Gasteiger charge is -2.24. The van der Waals surface area contributed by atoms with E-state index in [1.54, 1.807) is 30.2 Å². The number of amides is 2. The highest BCUT2D eigenvalue weighted by Crippen LogP contribution is 2.33. The minimum Gasteiger partial charge on any atom is -0.487 e. The van der Waals surface area contributed by atoms with Crippen LogP contribution in [0.4, 0.5) is 5.69 Å². The summed E-state index contributed by atoms with van der Waals surface area (Å²) in [6, 6.07) is 4.74. The van der Waals surface area contributed by atoms with Crippen LogP contribution in [-0.2, 0) is 14.3 Å². The zero-order valence-electron chi connectivity index (χ0n) is 14.7. The molecule has 7 heteroatoms. The molecule has 1 saturated heterocycles. The summed E-state index contributed by atoms with van der Waals surface area (Å²) in [5.74, 6) is 0.239. The van der Waals surface area contributed by atoms with Crippen LogP contribution in [0, 0.1) is 0 Å². The molecule has 138 valence electrons. The monoisotopic (exact) mass is 368 g/mol. The third-order valence-corrected chi connectivity index (χ3v) is 4.40. The number of carbonyl (C=O) groups is 2. The van der Waals surface area contributed by atoms with Crippen LogP contribution in [0.25, 0.3) is 0 Å². The van der Waals surface area contributed by atoms with Crippen LogP contribution in [-0.4, -0.2) is 49.6 Å². The smallest absolute Gasteiger partial charge is 0.247 e. The van der Waals surface area contributed by atoms with E-state index in [2.05, 4.69) is 5.32 Å². The number of ether oxygens (including phenoxy) is 2. The minimum absolute atomic E-state index is 0.0304. The standard InChI is InChI=1S/C18H25ClN2O4/c1-3-6-16(22)21-10-5-9-15(21)18(23)20-14-8-4-7-13(19)17(14)25-12-11-24-2/h4,7-8,15H,3,5-6,9-12H2,1-2H3,(H,20,23). The molecule has 0 aromatic heterocycles. The number of hydrogen-bond acceptors (Lipinski definition) is 4. The maximum absolute atomic E-state index is 12.7. The first-order valence-electron chi connectivity index (χ1n) is 8.59. The molecule has 0 bridgehead atoms. The molecule has 25 heavy (non-hydrogen) atoms. The molecule has 1 unspecified atom stereocenters. The Balaban J connectivity index is 2.09. The van der Waals surface area contributed by atoms with Gasteiger partial charge in [-0.15, -0.1) is 0 Å². The van der Waals surface area contributed by atoms with Crippen molar-refractivity contribution >= 4 is 29.1 Å². The van der Waals surface area contributed by atoms with Gasteiger partial charge in [-0.1, -0.05) is 24.6 Å². The molecule has 1 aromatic carbocycles. The van der Waals surface area contributed by atoms with Gasteiger partial charge >= 0.3 is 0 Å². The summed E-state index contributed by atoms with van der Waals surface area (Å²) in [5.41, 5.74) is 0.503. The Morgan fingerprint density at radius 2 is 2.16 bits per heavy atom. The van der Waals surface area contributed by atoms with Crippen molar-refractivity contribution in [1.82, 2.24) is 4.90 Å². The fraction of sp³-hybridized carbons (Fsp3) is 0.556. The summed E-state index contributed by atoms with van der Waals surface area (Å²) in [7, 11) is 1.58. The molecule has 1 atom stereocenters. The summed E-state index contributed by atoms with van der Waals surface area (Å²) in [5, 5.41) is 3.28. The van der Waals surface area contributed by atoms with Gasteiger partial charge in [0.25, 0.3) is 0 Å². The van der Waals surface area contributed by atoms with Gasteiger partial charge < -0.3 is 19.7 Å². The van der Waals surface area contributed by atoms with Crippen molar-refractivity contribution in [3.05, 3.63) is 23.2 Å². The van der Waals surface area contributed by atoms with Crippen molar-refractivity contribution < 1.29 is 19.1 Å². The van der Waals surface area contributed by atoms with E-state index >= 15 is 0 Å². The molecule has 1 fully saturated rings. The van der Waals surface area contributed by atoms with Crippen molar-refractivity contribution in [3.8, 4) is 5.75 Å². The van der Waals surface area contributed by atoms with Gasteiger partial charge in [-0.25, -0.2) is 0 Å². The molecule has 2 rings (SSSR count). The van der Waals surface area contributed by atoms with E-state index < -0.39 is 6.04 Å². The Morgan fingerprint density at radius 1 is 1.36 bits per heavy atom. The van der Waals surface area contributed by atoms with Gasteiger partial charge in [0, 0.05) is 20.1 Å². The quantitative estimate of drug-likeness (QED) is 0.716. The number of methoxy groups -OCH3 is 1. The Hall–Kier alpha value is -1.79. The van der Waals surface area contributed by atoms with Crippen LogP contribution >= 0.6 is 11.6 Å². The second kappa shape index (κ2) is 9.63. The van der Waals surface area contributed by atoms with Crippen LogP contribution in [0.3, 0.4) is 0 Å². The van der Waals surface area contributed by atoms with Gasteiger partial charge in [0.2, 0.25) is 11.8 Å². The molecule has 1 aliphatic heterocycles. The average molecular weight is 369 g/mol. The van der Waals surface area contributed by atoms with Crippen molar-refractivity contribution in [2.75, 3.05) is 32.2 Å².